The van der Waals surface area contributed by atoms with Gasteiger partial charge in [0, 0.05) is 24.7 Å². The number of hydrogen-bond acceptors (Lipinski definition) is 6. The minimum atomic E-state index is -5.11. The van der Waals surface area contributed by atoms with Gasteiger partial charge in [-0.3, -0.25) is 0 Å². The van der Waals surface area contributed by atoms with E-state index in [1.165, 1.54) is 49.3 Å². The van der Waals surface area contributed by atoms with Crippen LogP contribution in [0.4, 0.5) is 13.2 Å². The summed E-state index contributed by atoms with van der Waals surface area (Å²) in [5.41, 5.74) is -3.37. The van der Waals surface area contributed by atoms with E-state index < -0.39 is 35.0 Å². The summed E-state index contributed by atoms with van der Waals surface area (Å²) in [6.45, 7) is 8.63. The van der Waals surface area contributed by atoms with Gasteiger partial charge in [-0.2, -0.15) is 13.2 Å². The molecule has 0 amide bonds. The molecule has 0 saturated heterocycles. The Hall–Kier alpha value is -2.62. The number of carbonyl (C=O) groups is 1. The van der Waals surface area contributed by atoms with Crippen molar-refractivity contribution in [3.05, 3.63) is 71.7 Å². The number of halogens is 3. The highest BCUT2D eigenvalue weighted by molar-refractivity contribution is 5.83. The lowest BCUT2D eigenvalue weighted by atomic mass is 9.45. The van der Waals surface area contributed by atoms with E-state index in [1.807, 2.05) is 6.92 Å². The lowest BCUT2D eigenvalue weighted by Crippen LogP contribution is -2.57. The molecule has 0 radical (unpaired) electrons. The summed E-state index contributed by atoms with van der Waals surface area (Å²) in [6, 6.07) is 8.21. The standard InChI is InChI=1S/C35H47F3O6/c1-31(2)18-9-19-32(3)28(31)16-20-33(4,41)29(32)15-13-24(22-39)12-14-27(25-17-21-43-23-25)44-30(40)34(42-5,35(36,37)38)26-10-7-6-8-11-26/h6-8,10-12,17,21,23,27-29,39,41H,9,13-16,18-20,22H2,1-5H3/b24-12-/t27-,28-,29+,32-,33+,34+/m0/s1. The number of alkyl halides is 3. The van der Waals surface area contributed by atoms with Gasteiger partial charge in [0.1, 0.15) is 6.10 Å². The molecule has 2 N–H and O–H groups in total. The summed E-state index contributed by atoms with van der Waals surface area (Å²) in [7, 11) is 0.830. The molecule has 2 aromatic rings. The maximum atomic E-state index is 14.5. The van der Waals surface area contributed by atoms with E-state index >= 15 is 0 Å². The summed E-state index contributed by atoms with van der Waals surface area (Å²) in [6.07, 6.45) is 4.36. The molecule has 0 spiro atoms. The number of hydrogen-bond donors (Lipinski definition) is 2. The van der Waals surface area contributed by atoms with E-state index in [1.54, 1.807) is 12.1 Å². The van der Waals surface area contributed by atoms with Crippen molar-refractivity contribution in [1.82, 2.24) is 0 Å². The number of rotatable bonds is 11. The number of ether oxygens (including phenoxy) is 2. The first-order valence-corrected chi connectivity index (χ1v) is 15.5. The van der Waals surface area contributed by atoms with Crippen LogP contribution in [0.1, 0.15) is 96.3 Å². The van der Waals surface area contributed by atoms with Crippen LogP contribution in [-0.2, 0) is 19.9 Å². The molecular weight excluding hydrogens is 573 g/mol. The Morgan fingerprint density at radius 3 is 2.41 bits per heavy atom. The first kappa shape index (κ1) is 34.3. The second-order valence-corrected chi connectivity index (χ2v) is 13.8. The summed E-state index contributed by atoms with van der Waals surface area (Å²) >= 11 is 0. The first-order chi connectivity index (χ1) is 20.6. The summed E-state index contributed by atoms with van der Waals surface area (Å²) < 4.78 is 59.1. The van der Waals surface area contributed by atoms with Crippen molar-refractivity contribution in [1.29, 1.82) is 0 Å². The molecule has 0 unspecified atom stereocenters. The molecule has 1 aromatic heterocycles. The number of fused-ring (bicyclic) bond motifs is 1. The molecule has 4 rings (SSSR count). The zero-order chi connectivity index (χ0) is 32.4. The van der Waals surface area contributed by atoms with E-state index in [4.69, 9.17) is 13.9 Å². The van der Waals surface area contributed by atoms with E-state index in [0.29, 0.717) is 29.9 Å². The molecular formula is C35H47F3O6. The monoisotopic (exact) mass is 620 g/mol. The molecule has 2 saturated carbocycles. The molecule has 2 aliphatic carbocycles. The van der Waals surface area contributed by atoms with Gasteiger partial charge in [-0.25, -0.2) is 4.79 Å². The van der Waals surface area contributed by atoms with Gasteiger partial charge >= 0.3 is 12.1 Å². The molecule has 44 heavy (non-hydrogen) atoms. The number of carbonyl (C=O) groups excluding carboxylic acids is 1. The molecule has 6 nitrogen and oxygen atoms in total. The van der Waals surface area contributed by atoms with Gasteiger partial charge in [0.25, 0.3) is 5.60 Å². The van der Waals surface area contributed by atoms with Gasteiger partial charge < -0.3 is 24.1 Å². The first-order valence-electron chi connectivity index (χ1n) is 15.5. The fraction of sp³-hybridized carbons (Fsp3) is 0.629. The molecule has 6 atom stereocenters. The Labute approximate surface area is 258 Å². The summed E-state index contributed by atoms with van der Waals surface area (Å²) in [4.78, 5) is 13.4. The van der Waals surface area contributed by atoms with Crippen LogP contribution in [0, 0.1) is 22.7 Å². The Morgan fingerprint density at radius 2 is 1.82 bits per heavy atom. The van der Waals surface area contributed by atoms with Gasteiger partial charge in [-0.1, -0.05) is 63.6 Å². The highest BCUT2D eigenvalue weighted by Gasteiger charge is 2.64. The second kappa shape index (κ2) is 13.0. The lowest BCUT2D eigenvalue weighted by molar-refractivity contribution is -0.278. The van der Waals surface area contributed by atoms with Crippen molar-refractivity contribution in [2.75, 3.05) is 13.7 Å². The zero-order valence-corrected chi connectivity index (χ0v) is 26.5. The van der Waals surface area contributed by atoms with E-state index in [0.717, 1.165) is 32.8 Å². The van der Waals surface area contributed by atoms with Crippen LogP contribution < -0.4 is 0 Å². The Bertz CT molecular complexity index is 1270. The third-order valence-electron chi connectivity index (χ3n) is 10.7. The third kappa shape index (κ3) is 6.51. The predicted octanol–water partition coefficient (Wildman–Crippen LogP) is 8.05. The van der Waals surface area contributed by atoms with E-state index in [-0.39, 0.29) is 29.8 Å². The predicted molar refractivity (Wildman–Crippen MR) is 160 cm³/mol. The second-order valence-electron chi connectivity index (χ2n) is 13.8. The maximum Gasteiger partial charge on any atom is 0.432 e. The Morgan fingerprint density at radius 1 is 1.11 bits per heavy atom. The summed E-state index contributed by atoms with van der Waals surface area (Å²) in [5.74, 6) is -1.09. The number of methoxy groups -OCH3 is 1. The minimum Gasteiger partial charge on any atom is -0.472 e. The van der Waals surface area contributed by atoms with Gasteiger partial charge in [-0.05, 0) is 79.8 Å². The van der Waals surface area contributed by atoms with E-state index in [2.05, 4.69) is 20.8 Å². The Kier molecular flexibility index (Phi) is 10.1. The average molecular weight is 621 g/mol. The number of furan rings is 1. The molecule has 9 heteroatoms. The molecule has 1 aromatic carbocycles. The van der Waals surface area contributed by atoms with Crippen LogP contribution in [0.2, 0.25) is 0 Å². The minimum absolute atomic E-state index is 0.0155. The van der Waals surface area contributed by atoms with Crippen LogP contribution >= 0.6 is 0 Å². The van der Waals surface area contributed by atoms with Crippen molar-refractivity contribution in [2.45, 2.75) is 103 Å². The number of aliphatic hydroxyl groups excluding tert-OH is 1. The van der Waals surface area contributed by atoms with Crippen LogP contribution in [0.25, 0.3) is 0 Å². The van der Waals surface area contributed by atoms with Crippen LogP contribution in [0.15, 0.2) is 65.0 Å². The number of esters is 1. The largest absolute Gasteiger partial charge is 0.472 e. The van der Waals surface area contributed by atoms with Crippen molar-refractivity contribution < 1.29 is 42.1 Å². The molecule has 244 valence electrons. The van der Waals surface area contributed by atoms with E-state index in [9.17, 15) is 28.2 Å². The molecule has 2 fully saturated rings. The maximum absolute atomic E-state index is 14.5. The molecule has 2 aliphatic rings. The quantitative estimate of drug-likeness (QED) is 0.195. The number of benzene rings is 1. The van der Waals surface area contributed by atoms with Gasteiger partial charge in [0.05, 0.1) is 24.7 Å². The zero-order valence-electron chi connectivity index (χ0n) is 26.5. The SMILES string of the molecule is CO[C@@](C(=O)O[C@@H](C/C=C(\CO)CC[C@@H]1[C@@]2(C)CCCC(C)(C)[C@@H]2CC[C@@]1(C)O)c1ccoc1)(c1ccccc1)C(F)(F)F. The molecule has 0 bridgehead atoms. The fourth-order valence-corrected chi connectivity index (χ4v) is 8.42. The van der Waals surface area contributed by atoms with Crippen LogP contribution in [-0.4, -0.2) is 41.7 Å². The molecule has 1 heterocycles. The molecule has 0 aliphatic heterocycles. The fourth-order valence-electron chi connectivity index (χ4n) is 8.42. The number of aliphatic hydroxyl groups is 2. The van der Waals surface area contributed by atoms with Crippen molar-refractivity contribution in [3.8, 4) is 0 Å². The van der Waals surface area contributed by atoms with Crippen molar-refractivity contribution in [3.63, 3.8) is 0 Å². The summed E-state index contributed by atoms with van der Waals surface area (Å²) in [5, 5.41) is 21.8. The highest BCUT2D eigenvalue weighted by Crippen LogP contribution is 2.63. The van der Waals surface area contributed by atoms with Gasteiger partial charge in [0.15, 0.2) is 0 Å². The Balaban J connectivity index is 1.56. The lowest BCUT2D eigenvalue weighted by Gasteiger charge is -2.61. The smallest absolute Gasteiger partial charge is 0.432 e. The van der Waals surface area contributed by atoms with Crippen molar-refractivity contribution >= 4 is 5.97 Å². The topological polar surface area (TPSA) is 89.1 Å². The highest BCUT2D eigenvalue weighted by atomic mass is 19.4. The third-order valence-corrected chi connectivity index (χ3v) is 10.7. The van der Waals surface area contributed by atoms with Gasteiger partial charge in [-0.15, -0.1) is 0 Å². The van der Waals surface area contributed by atoms with Gasteiger partial charge in [0.2, 0.25) is 0 Å². The average Bonchev–Trinajstić information content (AvgIpc) is 3.48. The van der Waals surface area contributed by atoms with Crippen LogP contribution in [0.5, 0.6) is 0 Å². The van der Waals surface area contributed by atoms with Crippen molar-refractivity contribution in [2.24, 2.45) is 22.7 Å². The normalized spacial score (nSPS) is 29.4. The van der Waals surface area contributed by atoms with Crippen LogP contribution in [0.3, 0.4) is 0 Å².